The fraction of sp³-hybridized carbons (Fsp3) is 0.0714. The van der Waals surface area contributed by atoms with E-state index in [1.165, 1.54) is 19.9 Å². The van der Waals surface area contributed by atoms with Crippen molar-refractivity contribution in [3.8, 4) is 11.3 Å². The van der Waals surface area contributed by atoms with Crippen molar-refractivity contribution in [2.45, 2.75) is 33.4 Å². The van der Waals surface area contributed by atoms with Gasteiger partial charge in [-0.3, -0.25) is 4.79 Å². The van der Waals surface area contributed by atoms with Crippen molar-refractivity contribution in [3.63, 3.8) is 0 Å². The van der Waals surface area contributed by atoms with Gasteiger partial charge in [0.1, 0.15) is 7.14 Å². The molecule has 0 saturated heterocycles. The molecule has 184 valence electrons. The fourth-order valence-corrected chi connectivity index (χ4v) is 11.0. The first-order valence-electron chi connectivity index (χ1n) is 10.9. The predicted molar refractivity (Wildman–Crippen MR) is 143 cm³/mol. The number of aromatic nitrogens is 1. The Kier molecular flexibility index (Phi) is 8.11. The van der Waals surface area contributed by atoms with Gasteiger partial charge in [-0.25, -0.2) is 0 Å². The van der Waals surface area contributed by atoms with Crippen LogP contribution >= 0.6 is 30.7 Å². The molecule has 36 heavy (non-hydrogen) atoms. The van der Waals surface area contributed by atoms with Gasteiger partial charge in [0, 0.05) is 53.7 Å². The summed E-state index contributed by atoms with van der Waals surface area (Å²) < 4.78 is 14.7. The molecule has 0 aliphatic carbocycles. The molecule has 6 rings (SSSR count). The van der Waals surface area contributed by atoms with Gasteiger partial charge in [-0.15, -0.1) is 41.2 Å². The predicted octanol–water partition coefficient (Wildman–Crippen LogP) is 6.15. The topological polar surface area (TPSA) is 67.3 Å². The van der Waals surface area contributed by atoms with Gasteiger partial charge >= 0.3 is 0 Å². The van der Waals surface area contributed by atoms with Crippen LogP contribution in [0, 0.1) is 6.07 Å². The van der Waals surface area contributed by atoms with Crippen LogP contribution in [-0.2, 0) is 30.4 Å². The molecule has 0 amide bonds. The summed E-state index contributed by atoms with van der Waals surface area (Å²) in [7, 11) is -2.92. The molecule has 3 heterocycles. The van der Waals surface area contributed by atoms with Gasteiger partial charge in [0.05, 0.1) is 5.76 Å². The minimum atomic E-state index is -2.92. The summed E-state index contributed by atoms with van der Waals surface area (Å²) >= 11 is 3.36. The van der Waals surface area contributed by atoms with Crippen LogP contribution in [0.2, 0.25) is 0 Å². The number of aliphatic hydroxyl groups is 1. The first kappa shape index (κ1) is 26.7. The van der Waals surface area contributed by atoms with Gasteiger partial charge in [-0.2, -0.15) is 0 Å². The third-order valence-corrected chi connectivity index (χ3v) is 11.5. The number of nitrogens with zero attached hydrogens (tertiary/aromatic N) is 1. The van der Waals surface area contributed by atoms with E-state index in [4.69, 9.17) is 5.11 Å². The molecular weight excluding hydrogens is 688 g/mol. The van der Waals surface area contributed by atoms with Crippen LogP contribution < -0.4 is 15.9 Å². The maximum absolute atomic E-state index is 14.7. The van der Waals surface area contributed by atoms with Crippen LogP contribution in [0.5, 0.6) is 0 Å². The number of hydrogen-bond donors (Lipinski definition) is 1. The van der Waals surface area contributed by atoms with Crippen LogP contribution in [-0.4, -0.2) is 15.9 Å². The van der Waals surface area contributed by atoms with Crippen molar-refractivity contribution in [1.29, 1.82) is 0 Å². The van der Waals surface area contributed by atoms with Gasteiger partial charge in [0.2, 0.25) is 0 Å². The van der Waals surface area contributed by atoms with Crippen molar-refractivity contribution in [2.24, 2.45) is 0 Å². The average molecular weight is 710 g/mol. The van der Waals surface area contributed by atoms with E-state index in [0.717, 1.165) is 46.8 Å². The summed E-state index contributed by atoms with van der Waals surface area (Å²) in [6.45, 7) is 2.85. The number of carbonyl (C=O) groups excluding carboxylic acids is 1. The summed E-state index contributed by atoms with van der Waals surface area (Å²) in [5.41, 5.74) is 1.83. The zero-order valence-corrected chi connectivity index (χ0v) is 24.2. The summed E-state index contributed by atoms with van der Waals surface area (Å²) in [6, 6.07) is 27.7. The van der Waals surface area contributed by atoms with Gasteiger partial charge in [0.15, 0.2) is 5.78 Å². The number of allylic oxidation sites excluding steroid dienone is 2. The van der Waals surface area contributed by atoms with Crippen molar-refractivity contribution in [1.82, 2.24) is 4.98 Å². The number of fused-ring (bicyclic) bond motifs is 4. The van der Waals surface area contributed by atoms with Gasteiger partial charge < -0.3 is 14.7 Å². The molecule has 4 aromatic rings. The number of aliphatic hydroxyl groups excluding tert-OH is 1. The molecule has 8 heteroatoms. The first-order chi connectivity index (χ1) is 16.9. The van der Waals surface area contributed by atoms with E-state index in [9.17, 15) is 9.36 Å². The average Bonchev–Trinajstić information content (AvgIpc) is 2.84. The van der Waals surface area contributed by atoms with Gasteiger partial charge in [-0.1, -0.05) is 58.3 Å². The Morgan fingerprint density at radius 1 is 0.917 bits per heavy atom. The molecule has 0 radical (unpaired) electrons. The second-order valence-electron chi connectivity index (χ2n) is 8.09. The zero-order chi connectivity index (χ0) is 24.6. The van der Waals surface area contributed by atoms with E-state index in [0.29, 0.717) is 0 Å². The maximum atomic E-state index is 14.7. The number of hydrogen-bond acceptors (Lipinski definition) is 6. The molecule has 1 atom stereocenters. The molecule has 2 aliphatic heterocycles. The van der Waals surface area contributed by atoms with Crippen LogP contribution in [0.3, 0.4) is 0 Å². The Morgan fingerprint density at radius 3 is 2.08 bits per heavy atom. The maximum Gasteiger partial charge on any atom is 0.155 e. The summed E-state index contributed by atoms with van der Waals surface area (Å²) in [6.07, 6.45) is 2.96. The van der Waals surface area contributed by atoms with Gasteiger partial charge in [-0.05, 0) is 43.0 Å². The number of carbonyl (C=O) groups is 1. The molecule has 2 aliphatic rings. The third-order valence-electron chi connectivity index (χ3n) is 5.48. The normalized spacial score (nSPS) is 16.8. The summed E-state index contributed by atoms with van der Waals surface area (Å²) in [5.74, 6) is -0.0625. The molecule has 0 spiro atoms. The number of pyridine rings is 1. The van der Waals surface area contributed by atoms with Crippen molar-refractivity contribution in [3.05, 3.63) is 96.9 Å². The van der Waals surface area contributed by atoms with Crippen LogP contribution in [0.1, 0.15) is 13.8 Å². The summed E-state index contributed by atoms with van der Waals surface area (Å²) in [4.78, 5) is 18.7. The standard InChI is InChI=1S/C23H13NOPS2.C5H8O2.Pt/c25-26-17-8-1-3-10-19(17)27-21-13-15(16-7-5-6-12-24-16)14-22(23(21)26)28-20-11-4-2-9-18(20)26;1-4(6)3-5(2)7;/h1-13H;3,6H,1-2H3;/q-1;;/b;4-3-;. The summed E-state index contributed by atoms with van der Waals surface area (Å²) in [5, 5.41) is 11.2. The molecular formula is C28H21NO3PPtS2-. The second kappa shape index (κ2) is 10.9. The fourth-order valence-electron chi connectivity index (χ4n) is 4.14. The molecule has 0 bridgehead atoms. The third kappa shape index (κ3) is 4.93. The zero-order valence-electron chi connectivity index (χ0n) is 19.4. The van der Waals surface area contributed by atoms with E-state index >= 15 is 0 Å². The SMILES string of the molecule is CC(=O)/C=C(/C)O.O=P12c3ccccc3Sc3[c-]c(-c4ccccn4)cc(c31)Sc1ccccc12.[Pt]. The number of rotatable bonds is 2. The van der Waals surface area contributed by atoms with Crippen LogP contribution in [0.15, 0.2) is 110 Å². The first-order valence-corrected chi connectivity index (χ1v) is 14.3. The van der Waals surface area contributed by atoms with Crippen LogP contribution in [0.25, 0.3) is 11.3 Å². The Morgan fingerprint density at radius 2 is 1.53 bits per heavy atom. The van der Waals surface area contributed by atoms with Crippen molar-refractivity contribution in [2.75, 3.05) is 0 Å². The minimum Gasteiger partial charge on any atom is -0.512 e. The number of benzene rings is 3. The Hall–Kier alpha value is -2.36. The number of ketones is 1. The molecule has 0 saturated carbocycles. The van der Waals surface area contributed by atoms with Crippen molar-refractivity contribution < 1.29 is 35.5 Å². The monoisotopic (exact) mass is 709 g/mol. The minimum absolute atomic E-state index is 0. The molecule has 0 fully saturated rings. The molecule has 4 nitrogen and oxygen atoms in total. The van der Waals surface area contributed by atoms with Gasteiger partial charge in [0.25, 0.3) is 0 Å². The van der Waals surface area contributed by atoms with E-state index < -0.39 is 7.14 Å². The molecule has 1 N–H and O–H groups in total. The second-order valence-corrected chi connectivity index (χ2v) is 12.9. The largest absolute Gasteiger partial charge is 0.512 e. The molecule has 1 aromatic heterocycles. The Balaban J connectivity index is 0.000000338. The quantitative estimate of drug-likeness (QED) is 0.101. The van der Waals surface area contributed by atoms with E-state index in [-0.39, 0.29) is 32.6 Å². The van der Waals surface area contributed by atoms with E-state index in [1.807, 2.05) is 54.6 Å². The van der Waals surface area contributed by atoms with Crippen molar-refractivity contribution >= 4 is 52.4 Å². The Bertz CT molecular complexity index is 1460. The van der Waals surface area contributed by atoms with E-state index in [1.54, 1.807) is 29.7 Å². The smallest absolute Gasteiger partial charge is 0.155 e. The molecule has 3 aromatic carbocycles. The molecule has 1 unspecified atom stereocenters. The van der Waals surface area contributed by atoms with E-state index in [2.05, 4.69) is 29.2 Å². The van der Waals surface area contributed by atoms with Crippen LogP contribution in [0.4, 0.5) is 0 Å². The Labute approximate surface area is 233 Å².